The molecule has 0 saturated carbocycles. The van der Waals surface area contributed by atoms with Crippen molar-refractivity contribution < 1.29 is 0 Å². The van der Waals surface area contributed by atoms with Crippen LogP contribution in [0.2, 0.25) is 0 Å². The maximum atomic E-state index is 4.07. The van der Waals surface area contributed by atoms with Gasteiger partial charge in [0.05, 0.1) is 0 Å². The minimum Gasteiger partial charge on any atom is -0.310 e. The third kappa shape index (κ3) is 3.55. The molecule has 1 N–H and O–H groups in total. The van der Waals surface area contributed by atoms with Gasteiger partial charge in [-0.15, -0.1) is 0 Å². The Morgan fingerprint density at radius 2 is 2.15 bits per heavy atom. The van der Waals surface area contributed by atoms with Crippen molar-refractivity contribution in [3.63, 3.8) is 0 Å². The van der Waals surface area contributed by atoms with Gasteiger partial charge in [-0.3, -0.25) is 4.98 Å². The predicted octanol–water partition coefficient (Wildman–Crippen LogP) is 2.22. The summed E-state index contributed by atoms with van der Waals surface area (Å²) >= 11 is 0. The lowest BCUT2D eigenvalue weighted by molar-refractivity contribution is 0.426. The monoisotopic (exact) mass is 178 g/mol. The molecule has 0 unspecified atom stereocenters. The summed E-state index contributed by atoms with van der Waals surface area (Å²) in [6.07, 6.45) is 3.70. The Hall–Kier alpha value is -0.890. The van der Waals surface area contributed by atoms with Crippen LogP contribution in [0.25, 0.3) is 0 Å². The van der Waals surface area contributed by atoms with E-state index in [4.69, 9.17) is 0 Å². The molecule has 0 aliphatic heterocycles. The van der Waals surface area contributed by atoms with Gasteiger partial charge in [0.1, 0.15) is 0 Å². The molecule has 1 atom stereocenters. The van der Waals surface area contributed by atoms with Gasteiger partial charge in [-0.25, -0.2) is 0 Å². The van der Waals surface area contributed by atoms with E-state index in [1.54, 1.807) is 6.20 Å². The Morgan fingerprint density at radius 1 is 1.38 bits per heavy atom. The number of nitrogens with zero attached hydrogens (tertiary/aromatic N) is 1. The molecule has 0 spiro atoms. The Morgan fingerprint density at radius 3 is 2.69 bits per heavy atom. The topological polar surface area (TPSA) is 24.9 Å². The number of pyridine rings is 1. The fourth-order valence-electron chi connectivity index (χ4n) is 1.02. The van der Waals surface area contributed by atoms with Crippen molar-refractivity contribution in [3.8, 4) is 0 Å². The van der Waals surface area contributed by atoms with E-state index in [-0.39, 0.29) is 0 Å². The summed E-state index contributed by atoms with van der Waals surface area (Å²) in [7, 11) is 0. The third-order valence-corrected chi connectivity index (χ3v) is 2.35. The minimum atomic E-state index is 0.556. The van der Waals surface area contributed by atoms with Gasteiger partial charge in [-0.1, -0.05) is 19.9 Å². The molecular weight excluding hydrogens is 160 g/mol. The van der Waals surface area contributed by atoms with Crippen LogP contribution in [0, 0.1) is 5.92 Å². The molecule has 0 aromatic carbocycles. The molecule has 0 bridgehead atoms. The fourth-order valence-corrected chi connectivity index (χ4v) is 1.02. The van der Waals surface area contributed by atoms with Gasteiger partial charge < -0.3 is 5.32 Å². The number of aromatic nitrogens is 1. The molecule has 0 radical (unpaired) electrons. The molecule has 0 aliphatic rings. The van der Waals surface area contributed by atoms with Crippen LogP contribution >= 0.6 is 0 Å². The van der Waals surface area contributed by atoms with E-state index in [1.165, 1.54) is 5.56 Å². The average molecular weight is 178 g/mol. The average Bonchev–Trinajstić information content (AvgIpc) is 2.15. The highest BCUT2D eigenvalue weighted by Gasteiger charge is 2.05. The first-order valence-electron chi connectivity index (χ1n) is 4.82. The molecule has 1 aromatic heterocycles. The molecule has 1 aromatic rings. The van der Waals surface area contributed by atoms with Gasteiger partial charge in [0.25, 0.3) is 0 Å². The molecule has 0 fully saturated rings. The highest BCUT2D eigenvalue weighted by atomic mass is 14.9. The van der Waals surface area contributed by atoms with Crippen molar-refractivity contribution in [2.45, 2.75) is 33.4 Å². The Balaban J connectivity index is 2.35. The van der Waals surface area contributed by atoms with E-state index in [0.29, 0.717) is 12.0 Å². The molecule has 0 aliphatic carbocycles. The summed E-state index contributed by atoms with van der Waals surface area (Å²) in [6.45, 7) is 7.57. The molecule has 0 saturated heterocycles. The molecule has 72 valence electrons. The molecule has 2 heteroatoms. The number of hydrogen-bond donors (Lipinski definition) is 1. The standard InChI is InChI=1S/C11H18N2/c1-9(2)10(3)13-8-11-5-4-6-12-7-11/h4-7,9-10,13H,8H2,1-3H3/t10-/m1/s1. The first kappa shape index (κ1) is 10.2. The summed E-state index contributed by atoms with van der Waals surface area (Å²) in [5.41, 5.74) is 1.25. The van der Waals surface area contributed by atoms with Crippen LogP contribution in [0.15, 0.2) is 24.5 Å². The van der Waals surface area contributed by atoms with Crippen molar-refractivity contribution >= 4 is 0 Å². The van der Waals surface area contributed by atoms with Crippen LogP contribution in [0.1, 0.15) is 26.3 Å². The van der Waals surface area contributed by atoms with E-state index in [9.17, 15) is 0 Å². The Kier molecular flexibility index (Phi) is 3.90. The Bertz CT molecular complexity index is 231. The molecule has 1 heterocycles. The van der Waals surface area contributed by atoms with Crippen LogP contribution in [-0.4, -0.2) is 11.0 Å². The lowest BCUT2D eigenvalue weighted by atomic mass is 10.1. The summed E-state index contributed by atoms with van der Waals surface area (Å²) in [5.74, 6) is 0.677. The second kappa shape index (κ2) is 4.97. The van der Waals surface area contributed by atoms with E-state index in [0.717, 1.165) is 6.54 Å². The predicted molar refractivity (Wildman–Crippen MR) is 55.4 cm³/mol. The van der Waals surface area contributed by atoms with E-state index < -0.39 is 0 Å². The van der Waals surface area contributed by atoms with Gasteiger partial charge in [-0.2, -0.15) is 0 Å². The zero-order chi connectivity index (χ0) is 9.68. The van der Waals surface area contributed by atoms with Crippen molar-refractivity contribution in [2.75, 3.05) is 0 Å². The maximum absolute atomic E-state index is 4.07. The van der Waals surface area contributed by atoms with Crippen LogP contribution in [-0.2, 0) is 6.54 Å². The zero-order valence-corrected chi connectivity index (χ0v) is 8.62. The van der Waals surface area contributed by atoms with Crippen LogP contribution in [0.5, 0.6) is 0 Å². The molecule has 1 rings (SSSR count). The summed E-state index contributed by atoms with van der Waals surface area (Å²) in [5, 5.41) is 3.46. The summed E-state index contributed by atoms with van der Waals surface area (Å²) in [4.78, 5) is 4.07. The first-order valence-corrected chi connectivity index (χ1v) is 4.82. The Labute approximate surface area is 80.4 Å². The minimum absolute atomic E-state index is 0.556. The van der Waals surface area contributed by atoms with Crippen molar-refractivity contribution in [2.24, 2.45) is 5.92 Å². The lowest BCUT2D eigenvalue weighted by Crippen LogP contribution is -2.30. The normalized spacial score (nSPS) is 13.2. The van der Waals surface area contributed by atoms with Crippen LogP contribution in [0.3, 0.4) is 0 Å². The maximum Gasteiger partial charge on any atom is 0.0312 e. The van der Waals surface area contributed by atoms with E-state index in [1.807, 2.05) is 12.3 Å². The first-order chi connectivity index (χ1) is 6.20. The number of nitrogens with one attached hydrogen (secondary N) is 1. The van der Waals surface area contributed by atoms with Crippen molar-refractivity contribution in [1.29, 1.82) is 0 Å². The van der Waals surface area contributed by atoms with E-state index in [2.05, 4.69) is 37.1 Å². The fraction of sp³-hybridized carbons (Fsp3) is 0.545. The van der Waals surface area contributed by atoms with Crippen LogP contribution in [0.4, 0.5) is 0 Å². The smallest absolute Gasteiger partial charge is 0.0312 e. The summed E-state index contributed by atoms with van der Waals surface area (Å²) < 4.78 is 0. The number of hydrogen-bond acceptors (Lipinski definition) is 2. The van der Waals surface area contributed by atoms with Gasteiger partial charge in [0.2, 0.25) is 0 Å². The van der Waals surface area contributed by atoms with Gasteiger partial charge >= 0.3 is 0 Å². The third-order valence-electron chi connectivity index (χ3n) is 2.35. The second-order valence-electron chi connectivity index (χ2n) is 3.77. The molecule has 2 nitrogen and oxygen atoms in total. The van der Waals surface area contributed by atoms with Crippen molar-refractivity contribution in [3.05, 3.63) is 30.1 Å². The van der Waals surface area contributed by atoms with E-state index >= 15 is 0 Å². The van der Waals surface area contributed by atoms with Crippen LogP contribution < -0.4 is 5.32 Å². The zero-order valence-electron chi connectivity index (χ0n) is 8.62. The molecule has 13 heavy (non-hydrogen) atoms. The van der Waals surface area contributed by atoms with Gasteiger partial charge in [-0.05, 0) is 24.5 Å². The summed E-state index contributed by atoms with van der Waals surface area (Å²) in [6, 6.07) is 4.62. The quantitative estimate of drug-likeness (QED) is 0.764. The van der Waals surface area contributed by atoms with Crippen molar-refractivity contribution in [1.82, 2.24) is 10.3 Å². The second-order valence-corrected chi connectivity index (χ2v) is 3.77. The highest BCUT2D eigenvalue weighted by molar-refractivity contribution is 5.07. The molecule has 0 amide bonds. The number of rotatable bonds is 4. The molecular formula is C11H18N2. The largest absolute Gasteiger partial charge is 0.310 e. The SMILES string of the molecule is CC(C)[C@@H](C)NCc1cccnc1. The highest BCUT2D eigenvalue weighted by Crippen LogP contribution is 2.02. The van der Waals surface area contributed by atoms with Gasteiger partial charge in [0, 0.05) is 25.0 Å². The van der Waals surface area contributed by atoms with Gasteiger partial charge in [0.15, 0.2) is 0 Å². The lowest BCUT2D eigenvalue weighted by Gasteiger charge is -2.17.